The van der Waals surface area contributed by atoms with Crippen molar-refractivity contribution in [2.75, 3.05) is 0 Å². The molecule has 0 radical (unpaired) electrons. The van der Waals surface area contributed by atoms with Gasteiger partial charge in [-0.25, -0.2) is 4.99 Å². The molecule has 0 saturated carbocycles. The maximum absolute atomic E-state index is 12.1. The number of rotatable bonds is 4. The van der Waals surface area contributed by atoms with Crippen molar-refractivity contribution in [2.24, 2.45) is 4.99 Å². The number of carbonyl (C=O) groups excluding carboxylic acids is 1. The summed E-state index contributed by atoms with van der Waals surface area (Å²) < 4.78 is 0. The maximum Gasteiger partial charge on any atom is 0.269 e. The van der Waals surface area contributed by atoms with E-state index < -0.39 is 4.92 Å². The number of non-ortho nitro benzene ring substituents is 1. The second-order valence-corrected chi connectivity index (χ2v) is 6.34. The Labute approximate surface area is 148 Å². The predicted molar refractivity (Wildman–Crippen MR) is 99.7 cm³/mol. The number of nitro groups is 1. The summed E-state index contributed by atoms with van der Waals surface area (Å²) in [5.41, 5.74) is 2.68. The normalized spacial score (nSPS) is 17.1. The number of benzene rings is 2. The first kappa shape index (κ1) is 16.9. The third-order valence-electron chi connectivity index (χ3n) is 3.65. The molecule has 1 saturated heterocycles. The Morgan fingerprint density at radius 2 is 1.92 bits per heavy atom. The van der Waals surface area contributed by atoms with E-state index in [4.69, 9.17) is 0 Å². The molecular weight excluding hydrogens is 338 g/mol. The zero-order valence-corrected chi connectivity index (χ0v) is 14.2. The predicted octanol–water partition coefficient (Wildman–Crippen LogP) is 4.05. The Bertz CT molecular complexity index is 889. The summed E-state index contributed by atoms with van der Waals surface area (Å²) in [6.45, 7) is 2.05. The molecule has 1 aliphatic rings. The van der Waals surface area contributed by atoms with Crippen molar-refractivity contribution >= 4 is 40.3 Å². The van der Waals surface area contributed by atoms with Gasteiger partial charge >= 0.3 is 0 Å². The number of hydrogen-bond acceptors (Lipinski definition) is 5. The van der Waals surface area contributed by atoms with E-state index in [2.05, 4.69) is 17.2 Å². The SMILES string of the molecule is CCc1ccccc1N=C1NC(=O)C(=Cc2ccc([N+](=O)[O-])cc2)S1. The number of thioether (sulfide) groups is 1. The van der Waals surface area contributed by atoms with Crippen molar-refractivity contribution < 1.29 is 9.72 Å². The summed E-state index contributed by atoms with van der Waals surface area (Å²) in [6.07, 6.45) is 2.55. The Morgan fingerprint density at radius 1 is 1.20 bits per heavy atom. The minimum atomic E-state index is -0.454. The molecule has 1 heterocycles. The monoisotopic (exact) mass is 353 g/mol. The molecule has 0 spiro atoms. The number of amides is 1. The molecule has 3 rings (SSSR count). The van der Waals surface area contributed by atoms with E-state index in [0.717, 1.165) is 23.2 Å². The minimum absolute atomic E-state index is 0.0177. The lowest BCUT2D eigenvalue weighted by Gasteiger charge is -2.02. The first-order chi connectivity index (χ1) is 12.1. The van der Waals surface area contributed by atoms with Crippen LogP contribution in [0.15, 0.2) is 58.4 Å². The van der Waals surface area contributed by atoms with Gasteiger partial charge in [0.2, 0.25) is 0 Å². The van der Waals surface area contributed by atoms with Crippen LogP contribution in [0.4, 0.5) is 11.4 Å². The smallest absolute Gasteiger partial charge is 0.269 e. The van der Waals surface area contributed by atoms with Gasteiger partial charge in [-0.3, -0.25) is 14.9 Å². The van der Waals surface area contributed by atoms with Crippen LogP contribution >= 0.6 is 11.8 Å². The standard InChI is InChI=1S/C18H15N3O3S/c1-2-13-5-3-4-6-15(13)19-18-20-17(22)16(25-18)11-12-7-9-14(10-8-12)21(23)24/h3-11H,2H2,1H3,(H,19,20,22). The Kier molecular flexibility index (Phi) is 4.95. The zero-order valence-electron chi connectivity index (χ0n) is 13.4. The highest BCUT2D eigenvalue weighted by Crippen LogP contribution is 2.29. The highest BCUT2D eigenvalue weighted by Gasteiger charge is 2.24. The van der Waals surface area contributed by atoms with Crippen LogP contribution in [0.1, 0.15) is 18.1 Å². The van der Waals surface area contributed by atoms with Gasteiger partial charge in [0.15, 0.2) is 5.17 Å². The van der Waals surface area contributed by atoms with Crippen LogP contribution < -0.4 is 5.32 Å². The van der Waals surface area contributed by atoms with Gasteiger partial charge in [-0.2, -0.15) is 0 Å². The Balaban J connectivity index is 1.82. The number of aryl methyl sites for hydroxylation is 1. The van der Waals surface area contributed by atoms with Crippen molar-refractivity contribution in [3.05, 3.63) is 74.7 Å². The lowest BCUT2D eigenvalue weighted by atomic mass is 10.1. The Morgan fingerprint density at radius 3 is 2.60 bits per heavy atom. The van der Waals surface area contributed by atoms with E-state index in [-0.39, 0.29) is 11.6 Å². The molecule has 0 atom stereocenters. The van der Waals surface area contributed by atoms with Gasteiger partial charge in [-0.1, -0.05) is 25.1 Å². The minimum Gasteiger partial charge on any atom is -0.300 e. The molecule has 6 nitrogen and oxygen atoms in total. The highest BCUT2D eigenvalue weighted by atomic mass is 32.2. The second kappa shape index (κ2) is 7.31. The van der Waals surface area contributed by atoms with Crippen LogP contribution in [0.5, 0.6) is 0 Å². The van der Waals surface area contributed by atoms with Crippen LogP contribution in [0.3, 0.4) is 0 Å². The lowest BCUT2D eigenvalue weighted by Crippen LogP contribution is -2.19. The molecule has 0 unspecified atom stereocenters. The van der Waals surface area contributed by atoms with Crippen molar-refractivity contribution in [3.8, 4) is 0 Å². The molecule has 25 heavy (non-hydrogen) atoms. The third kappa shape index (κ3) is 3.95. The molecule has 2 aromatic rings. The number of aliphatic imine (C=N–C) groups is 1. The van der Waals surface area contributed by atoms with Gasteiger partial charge in [0, 0.05) is 12.1 Å². The summed E-state index contributed by atoms with van der Waals surface area (Å²) in [7, 11) is 0. The van der Waals surface area contributed by atoms with Gasteiger partial charge in [0.1, 0.15) is 0 Å². The molecule has 7 heteroatoms. The van der Waals surface area contributed by atoms with Crippen LogP contribution in [-0.2, 0) is 11.2 Å². The second-order valence-electron chi connectivity index (χ2n) is 5.31. The van der Waals surface area contributed by atoms with Gasteiger partial charge < -0.3 is 5.32 Å². The highest BCUT2D eigenvalue weighted by molar-refractivity contribution is 8.18. The zero-order chi connectivity index (χ0) is 17.8. The Hall–Kier alpha value is -2.93. The molecule has 2 aromatic carbocycles. The van der Waals surface area contributed by atoms with Crippen molar-refractivity contribution in [1.29, 1.82) is 0 Å². The molecule has 1 N–H and O–H groups in total. The summed E-state index contributed by atoms with van der Waals surface area (Å²) in [4.78, 5) is 27.4. The fourth-order valence-electron chi connectivity index (χ4n) is 2.35. The van der Waals surface area contributed by atoms with E-state index in [1.54, 1.807) is 18.2 Å². The van der Waals surface area contributed by atoms with Crippen LogP contribution in [0, 0.1) is 10.1 Å². The number of nitrogens with zero attached hydrogens (tertiary/aromatic N) is 2. The van der Waals surface area contributed by atoms with Crippen LogP contribution in [0.2, 0.25) is 0 Å². The van der Waals surface area contributed by atoms with Gasteiger partial charge in [-0.15, -0.1) is 0 Å². The number of amidine groups is 1. The quantitative estimate of drug-likeness (QED) is 0.510. The van der Waals surface area contributed by atoms with E-state index in [0.29, 0.717) is 10.1 Å². The molecule has 1 aliphatic heterocycles. The summed E-state index contributed by atoms with van der Waals surface area (Å²) >= 11 is 1.25. The van der Waals surface area contributed by atoms with Gasteiger partial charge in [0.05, 0.1) is 15.5 Å². The van der Waals surface area contributed by atoms with E-state index in [1.165, 1.54) is 23.9 Å². The number of carbonyl (C=O) groups is 1. The molecule has 0 aromatic heterocycles. The molecular formula is C18H15N3O3S. The molecule has 0 bridgehead atoms. The van der Waals surface area contributed by atoms with E-state index >= 15 is 0 Å². The molecule has 0 aliphatic carbocycles. The topological polar surface area (TPSA) is 84.6 Å². The molecule has 1 fully saturated rings. The van der Waals surface area contributed by atoms with Crippen molar-refractivity contribution in [1.82, 2.24) is 5.32 Å². The number of nitrogens with one attached hydrogen (secondary N) is 1. The fourth-order valence-corrected chi connectivity index (χ4v) is 3.19. The molecule has 1 amide bonds. The van der Waals surface area contributed by atoms with E-state index in [1.807, 2.05) is 24.3 Å². The largest absolute Gasteiger partial charge is 0.300 e. The molecule has 126 valence electrons. The van der Waals surface area contributed by atoms with Crippen LogP contribution in [0.25, 0.3) is 6.08 Å². The number of para-hydroxylation sites is 1. The van der Waals surface area contributed by atoms with Crippen molar-refractivity contribution in [3.63, 3.8) is 0 Å². The lowest BCUT2D eigenvalue weighted by molar-refractivity contribution is -0.384. The van der Waals surface area contributed by atoms with E-state index in [9.17, 15) is 14.9 Å². The summed E-state index contributed by atoms with van der Waals surface area (Å²) in [6, 6.07) is 13.8. The number of nitro benzene ring substituents is 1. The fraction of sp³-hybridized carbons (Fsp3) is 0.111. The van der Waals surface area contributed by atoms with Crippen LogP contribution in [-0.4, -0.2) is 16.0 Å². The summed E-state index contributed by atoms with van der Waals surface area (Å²) in [5.74, 6) is -0.226. The average molecular weight is 353 g/mol. The third-order valence-corrected chi connectivity index (χ3v) is 4.56. The first-order valence-electron chi connectivity index (χ1n) is 7.69. The summed E-state index contributed by atoms with van der Waals surface area (Å²) in [5, 5.41) is 14.0. The average Bonchev–Trinajstić information content (AvgIpc) is 2.95. The maximum atomic E-state index is 12.1. The first-order valence-corrected chi connectivity index (χ1v) is 8.50. The van der Waals surface area contributed by atoms with Gasteiger partial charge in [-0.05, 0) is 53.6 Å². The van der Waals surface area contributed by atoms with Crippen molar-refractivity contribution in [2.45, 2.75) is 13.3 Å². The van der Waals surface area contributed by atoms with Gasteiger partial charge in [0.25, 0.3) is 11.6 Å². The number of hydrogen-bond donors (Lipinski definition) is 1.